The highest BCUT2D eigenvalue weighted by Crippen LogP contribution is 2.42. The number of esters is 1. The summed E-state index contributed by atoms with van der Waals surface area (Å²) in [5, 5.41) is 10.2. The summed E-state index contributed by atoms with van der Waals surface area (Å²) >= 11 is 0. The van der Waals surface area contributed by atoms with E-state index in [1.54, 1.807) is 7.11 Å². The van der Waals surface area contributed by atoms with E-state index in [2.05, 4.69) is 20.8 Å². The van der Waals surface area contributed by atoms with Gasteiger partial charge in [-0.05, 0) is 80.7 Å². The number of hydrogen-bond donors (Lipinski definition) is 1. The second-order valence-corrected chi connectivity index (χ2v) is 10.2. The number of carbonyl (C=O) groups is 1. The van der Waals surface area contributed by atoms with Gasteiger partial charge >= 0.3 is 5.97 Å². The third kappa shape index (κ3) is 6.34. The molecule has 2 rings (SSSR count). The zero-order chi connectivity index (χ0) is 22.5. The van der Waals surface area contributed by atoms with Crippen LogP contribution in [0.4, 0.5) is 0 Å². The number of rotatable bonds is 7. The number of benzene rings is 1. The van der Waals surface area contributed by atoms with Gasteiger partial charge in [0.1, 0.15) is 11.9 Å². The summed E-state index contributed by atoms with van der Waals surface area (Å²) in [5.74, 6) is 2.38. The molecule has 1 aromatic rings. The van der Waals surface area contributed by atoms with E-state index in [0.717, 1.165) is 29.7 Å². The van der Waals surface area contributed by atoms with Crippen LogP contribution in [0.15, 0.2) is 30.3 Å². The lowest BCUT2D eigenvalue weighted by atomic mass is 9.67. The number of ether oxygens (including phenoxy) is 2. The van der Waals surface area contributed by atoms with Gasteiger partial charge in [-0.25, -0.2) is 0 Å². The van der Waals surface area contributed by atoms with Gasteiger partial charge in [0.05, 0.1) is 19.1 Å². The lowest BCUT2D eigenvalue weighted by Gasteiger charge is -2.41. The van der Waals surface area contributed by atoms with Crippen LogP contribution >= 0.6 is 0 Å². The van der Waals surface area contributed by atoms with Gasteiger partial charge in [0.2, 0.25) is 0 Å². The maximum atomic E-state index is 12.8. The number of methoxy groups -OCH3 is 1. The molecule has 0 amide bonds. The molecule has 4 heteroatoms. The molecule has 1 aliphatic carbocycles. The van der Waals surface area contributed by atoms with Crippen molar-refractivity contribution in [2.24, 2.45) is 29.1 Å². The van der Waals surface area contributed by atoms with Crippen LogP contribution in [0.3, 0.4) is 0 Å². The van der Waals surface area contributed by atoms with Crippen molar-refractivity contribution in [1.29, 1.82) is 0 Å². The van der Waals surface area contributed by atoms with Crippen molar-refractivity contribution in [2.45, 2.75) is 66.9 Å². The Bertz CT molecular complexity index is 729. The van der Waals surface area contributed by atoms with E-state index in [4.69, 9.17) is 9.47 Å². The summed E-state index contributed by atoms with van der Waals surface area (Å²) in [4.78, 5) is 12.8. The Labute approximate surface area is 182 Å². The fourth-order valence-corrected chi connectivity index (χ4v) is 4.46. The first-order valence-corrected chi connectivity index (χ1v) is 11.2. The average Bonchev–Trinajstić information content (AvgIpc) is 2.69. The van der Waals surface area contributed by atoms with E-state index in [9.17, 15) is 9.90 Å². The van der Waals surface area contributed by atoms with Gasteiger partial charge in [-0.2, -0.15) is 0 Å². The largest absolute Gasteiger partial charge is 0.497 e. The van der Waals surface area contributed by atoms with E-state index < -0.39 is 5.41 Å². The molecule has 0 bridgehead atoms. The third-order valence-electron chi connectivity index (χ3n) is 6.33. The molecule has 1 N–H and O–H groups in total. The molecule has 0 spiro atoms. The molecular formula is C26H40O4. The lowest BCUT2D eigenvalue weighted by molar-refractivity contribution is -0.161. The minimum atomic E-state index is -0.574. The van der Waals surface area contributed by atoms with Crippen LogP contribution in [0, 0.1) is 29.1 Å². The molecular weight excluding hydrogens is 376 g/mol. The van der Waals surface area contributed by atoms with E-state index in [1.807, 2.05) is 51.1 Å². The first-order valence-electron chi connectivity index (χ1n) is 11.2. The topological polar surface area (TPSA) is 55.8 Å². The van der Waals surface area contributed by atoms with Crippen LogP contribution in [0.25, 0.3) is 5.57 Å². The first-order chi connectivity index (χ1) is 14.1. The smallest absolute Gasteiger partial charge is 0.311 e. The van der Waals surface area contributed by atoms with Gasteiger partial charge in [-0.15, -0.1) is 0 Å². The molecule has 0 aromatic heterocycles. The standard InChI is InChI=1S/C26H40O4/c1-17(2)22-12-11-18(3)13-23(22)24(30-25(28)26(4,5)6)15-20(16-27)19-9-8-10-21(14-19)29-7/h8-10,14-15,17-18,22-24,27H,11-13,16H2,1-7H3/b20-15+/t18-,22+,23-,24-/m1/s1. The van der Waals surface area contributed by atoms with E-state index in [0.29, 0.717) is 17.8 Å². The molecule has 1 fully saturated rings. The van der Waals surface area contributed by atoms with Crippen molar-refractivity contribution in [1.82, 2.24) is 0 Å². The maximum absolute atomic E-state index is 12.8. The Hall–Kier alpha value is -1.81. The quantitative estimate of drug-likeness (QED) is 0.576. The second-order valence-electron chi connectivity index (χ2n) is 10.2. The molecule has 0 unspecified atom stereocenters. The molecule has 1 saturated carbocycles. The molecule has 0 saturated heterocycles. The van der Waals surface area contributed by atoms with Crippen LogP contribution in [0.2, 0.25) is 0 Å². The summed E-state index contributed by atoms with van der Waals surface area (Å²) in [6, 6.07) is 7.66. The van der Waals surface area contributed by atoms with Crippen molar-refractivity contribution in [2.75, 3.05) is 13.7 Å². The third-order valence-corrected chi connectivity index (χ3v) is 6.33. The van der Waals surface area contributed by atoms with E-state index >= 15 is 0 Å². The Morgan fingerprint density at radius 1 is 1.23 bits per heavy atom. The van der Waals surface area contributed by atoms with Gasteiger partial charge in [0.15, 0.2) is 0 Å². The first kappa shape index (κ1) is 24.5. The zero-order valence-electron chi connectivity index (χ0n) is 19.8. The summed E-state index contributed by atoms with van der Waals surface area (Å²) in [6.07, 6.45) is 5.01. The highest BCUT2D eigenvalue weighted by molar-refractivity contribution is 5.76. The van der Waals surface area contributed by atoms with Crippen molar-refractivity contribution < 1.29 is 19.4 Å². The molecule has 0 heterocycles. The molecule has 1 aromatic carbocycles. The van der Waals surface area contributed by atoms with Gasteiger partial charge in [0, 0.05) is 5.92 Å². The van der Waals surface area contributed by atoms with Crippen LogP contribution < -0.4 is 4.74 Å². The van der Waals surface area contributed by atoms with Crippen molar-refractivity contribution in [3.63, 3.8) is 0 Å². The van der Waals surface area contributed by atoms with Gasteiger partial charge in [-0.3, -0.25) is 4.79 Å². The highest BCUT2D eigenvalue weighted by Gasteiger charge is 2.38. The Morgan fingerprint density at radius 3 is 2.50 bits per heavy atom. The lowest BCUT2D eigenvalue weighted by Crippen LogP contribution is -2.39. The van der Waals surface area contributed by atoms with Crippen LogP contribution in [-0.4, -0.2) is 30.9 Å². The van der Waals surface area contributed by atoms with Crippen LogP contribution in [-0.2, 0) is 9.53 Å². The number of hydrogen-bond acceptors (Lipinski definition) is 4. The molecule has 4 atom stereocenters. The summed E-state index contributed by atoms with van der Waals surface area (Å²) in [7, 11) is 1.63. The average molecular weight is 417 g/mol. The normalized spacial score (nSPS) is 23.9. The predicted octanol–water partition coefficient (Wildman–Crippen LogP) is 5.74. The van der Waals surface area contributed by atoms with Crippen molar-refractivity contribution >= 4 is 11.5 Å². The predicted molar refractivity (Wildman–Crippen MR) is 122 cm³/mol. The molecule has 0 radical (unpaired) electrons. The zero-order valence-corrected chi connectivity index (χ0v) is 19.8. The number of aliphatic hydroxyl groups is 1. The van der Waals surface area contributed by atoms with E-state index in [1.165, 1.54) is 6.42 Å². The Morgan fingerprint density at radius 2 is 1.93 bits per heavy atom. The minimum Gasteiger partial charge on any atom is -0.497 e. The van der Waals surface area contributed by atoms with Crippen molar-refractivity contribution in [3.8, 4) is 5.75 Å². The summed E-state index contributed by atoms with van der Waals surface area (Å²) < 4.78 is 11.5. The highest BCUT2D eigenvalue weighted by atomic mass is 16.5. The molecule has 0 aliphatic heterocycles. The Balaban J connectivity index is 2.47. The SMILES string of the molecule is COc1cccc(/C(=C/[C@@H](OC(=O)C(C)(C)C)[C@@H]2C[C@H](C)CC[C@H]2C(C)C)CO)c1. The van der Waals surface area contributed by atoms with Gasteiger partial charge < -0.3 is 14.6 Å². The fourth-order valence-electron chi connectivity index (χ4n) is 4.46. The molecule has 168 valence electrons. The summed E-state index contributed by atoms with van der Waals surface area (Å²) in [5.41, 5.74) is 1.08. The second kappa shape index (κ2) is 10.5. The van der Waals surface area contributed by atoms with Crippen molar-refractivity contribution in [3.05, 3.63) is 35.9 Å². The minimum absolute atomic E-state index is 0.120. The van der Waals surface area contributed by atoms with Gasteiger partial charge in [-0.1, -0.05) is 39.3 Å². The van der Waals surface area contributed by atoms with Gasteiger partial charge in [0.25, 0.3) is 0 Å². The molecule has 1 aliphatic rings. The van der Waals surface area contributed by atoms with Crippen LogP contribution in [0.5, 0.6) is 5.75 Å². The monoisotopic (exact) mass is 416 g/mol. The van der Waals surface area contributed by atoms with E-state index in [-0.39, 0.29) is 24.6 Å². The molecule has 4 nitrogen and oxygen atoms in total. The maximum Gasteiger partial charge on any atom is 0.311 e. The number of aliphatic hydroxyl groups excluding tert-OH is 1. The fraction of sp³-hybridized carbons (Fsp3) is 0.654. The molecule has 30 heavy (non-hydrogen) atoms. The van der Waals surface area contributed by atoms with Crippen LogP contribution in [0.1, 0.15) is 66.4 Å². The Kier molecular flexibility index (Phi) is 8.54. The number of carbonyl (C=O) groups excluding carboxylic acids is 1. The summed E-state index contributed by atoms with van der Waals surface area (Å²) in [6.45, 7) is 12.3.